The van der Waals surface area contributed by atoms with Crippen molar-refractivity contribution in [3.63, 3.8) is 0 Å². The van der Waals surface area contributed by atoms with Gasteiger partial charge in [0, 0.05) is 17.0 Å². The first-order chi connectivity index (χ1) is 11.6. The van der Waals surface area contributed by atoms with Crippen LogP contribution in [0.5, 0.6) is 5.75 Å². The number of carbonyl (C=O) groups excluding carboxylic acids is 1. The molecule has 0 atom stereocenters. The zero-order chi connectivity index (χ0) is 16.9. The topological polar surface area (TPSA) is 74.5 Å². The second-order valence-corrected chi connectivity index (χ2v) is 6.16. The van der Waals surface area contributed by atoms with Gasteiger partial charge in [-0.15, -0.1) is 11.3 Å². The molecule has 0 radical (unpaired) electrons. The van der Waals surface area contributed by atoms with Gasteiger partial charge in [0.05, 0.1) is 24.2 Å². The van der Waals surface area contributed by atoms with E-state index in [1.165, 1.54) is 11.3 Å². The van der Waals surface area contributed by atoms with Gasteiger partial charge in [0.2, 0.25) is 0 Å². The maximum absolute atomic E-state index is 11.8. The van der Waals surface area contributed by atoms with Crippen LogP contribution in [0, 0.1) is 6.92 Å². The summed E-state index contributed by atoms with van der Waals surface area (Å²) in [5.41, 5.74) is 2.30. The highest BCUT2D eigenvalue weighted by Gasteiger charge is 2.11. The summed E-state index contributed by atoms with van der Waals surface area (Å²) in [7, 11) is 1.62. The van der Waals surface area contributed by atoms with Gasteiger partial charge in [0.1, 0.15) is 11.4 Å². The van der Waals surface area contributed by atoms with Crippen molar-refractivity contribution in [2.24, 2.45) is 0 Å². The van der Waals surface area contributed by atoms with E-state index >= 15 is 0 Å². The molecule has 3 rings (SSSR count). The van der Waals surface area contributed by atoms with Gasteiger partial charge in [-0.3, -0.25) is 4.79 Å². The van der Waals surface area contributed by atoms with Crippen LogP contribution in [0.2, 0.25) is 0 Å². The predicted octanol–water partition coefficient (Wildman–Crippen LogP) is 3.40. The average Bonchev–Trinajstić information content (AvgIpc) is 3.22. The Balaban J connectivity index is 1.56. The third-order valence-corrected chi connectivity index (χ3v) is 4.13. The number of aromatic nitrogens is 2. The first-order valence-corrected chi connectivity index (χ1v) is 8.18. The largest absolute Gasteiger partial charge is 0.497 e. The maximum Gasteiger partial charge on any atom is 0.312 e. The molecule has 0 saturated carbocycles. The zero-order valence-electron chi connectivity index (χ0n) is 13.3. The summed E-state index contributed by atoms with van der Waals surface area (Å²) in [5, 5.41) is 6.77. The highest BCUT2D eigenvalue weighted by molar-refractivity contribution is 7.09. The van der Waals surface area contributed by atoms with Crippen molar-refractivity contribution in [3.05, 3.63) is 52.2 Å². The summed E-state index contributed by atoms with van der Waals surface area (Å²) in [6.45, 7) is 1.94. The van der Waals surface area contributed by atoms with E-state index in [9.17, 15) is 4.79 Å². The van der Waals surface area contributed by atoms with Crippen LogP contribution in [-0.2, 0) is 22.6 Å². The molecule has 7 heteroatoms. The number of benzene rings is 1. The number of aryl methyl sites for hydroxylation is 1. The van der Waals surface area contributed by atoms with Crippen LogP contribution in [0.25, 0.3) is 11.3 Å². The monoisotopic (exact) mass is 344 g/mol. The third kappa shape index (κ3) is 3.99. The molecule has 0 aliphatic rings. The fraction of sp³-hybridized carbons (Fsp3) is 0.235. The molecule has 6 nitrogen and oxygen atoms in total. The van der Waals surface area contributed by atoms with Gasteiger partial charge >= 0.3 is 5.97 Å². The second-order valence-electron chi connectivity index (χ2n) is 5.10. The first-order valence-electron chi connectivity index (χ1n) is 7.30. The molecule has 0 amide bonds. The molecule has 0 N–H and O–H groups in total. The lowest BCUT2D eigenvalue weighted by Crippen LogP contribution is -2.07. The van der Waals surface area contributed by atoms with Crippen LogP contribution in [0.1, 0.15) is 16.5 Å². The van der Waals surface area contributed by atoms with Gasteiger partial charge in [0.15, 0.2) is 12.4 Å². The van der Waals surface area contributed by atoms with Gasteiger partial charge in [-0.25, -0.2) is 4.98 Å². The van der Waals surface area contributed by atoms with E-state index in [4.69, 9.17) is 14.0 Å². The number of carbonyl (C=O) groups is 1. The molecular weight excluding hydrogens is 328 g/mol. The molecule has 0 bridgehead atoms. The standard InChI is InChI=1S/C17H16N2O4S/c1-11-18-13(10-24-11)7-17(20)22-9-15-8-16(19-23-15)12-3-5-14(21-2)6-4-12/h3-6,8,10H,7,9H2,1-2H3. The Kier molecular flexibility index (Phi) is 4.90. The number of hydrogen-bond acceptors (Lipinski definition) is 7. The minimum Gasteiger partial charge on any atom is -0.497 e. The Bertz CT molecular complexity index is 823. The average molecular weight is 344 g/mol. The summed E-state index contributed by atoms with van der Waals surface area (Å²) in [6, 6.07) is 9.22. The second kappa shape index (κ2) is 7.27. The smallest absolute Gasteiger partial charge is 0.312 e. The normalized spacial score (nSPS) is 10.6. The van der Waals surface area contributed by atoms with Gasteiger partial charge < -0.3 is 14.0 Å². The minimum atomic E-state index is -0.345. The lowest BCUT2D eigenvalue weighted by atomic mass is 10.1. The molecule has 0 spiro atoms. The molecule has 3 aromatic rings. The summed E-state index contributed by atoms with van der Waals surface area (Å²) in [4.78, 5) is 16.0. The third-order valence-electron chi connectivity index (χ3n) is 3.31. The molecule has 0 aliphatic heterocycles. The summed E-state index contributed by atoms with van der Waals surface area (Å²) in [6.07, 6.45) is 0.157. The molecule has 1 aromatic carbocycles. The van der Waals surface area contributed by atoms with Crippen molar-refractivity contribution in [1.29, 1.82) is 0 Å². The number of hydrogen-bond donors (Lipinski definition) is 0. The van der Waals surface area contributed by atoms with E-state index in [0.29, 0.717) is 11.5 Å². The molecule has 0 fully saturated rings. The van der Waals surface area contributed by atoms with Crippen LogP contribution < -0.4 is 4.74 Å². The van der Waals surface area contributed by atoms with Crippen LogP contribution in [0.4, 0.5) is 0 Å². The van der Waals surface area contributed by atoms with Crippen molar-refractivity contribution in [1.82, 2.24) is 10.1 Å². The SMILES string of the molecule is COc1ccc(-c2cc(COC(=O)Cc3csc(C)n3)on2)cc1. The van der Waals surface area contributed by atoms with Gasteiger partial charge in [-0.2, -0.15) is 0 Å². The number of methoxy groups -OCH3 is 1. The maximum atomic E-state index is 11.8. The van der Waals surface area contributed by atoms with Crippen LogP contribution >= 0.6 is 11.3 Å². The fourth-order valence-electron chi connectivity index (χ4n) is 2.12. The molecule has 2 heterocycles. The minimum absolute atomic E-state index is 0.0467. The van der Waals surface area contributed by atoms with Gasteiger partial charge in [-0.1, -0.05) is 5.16 Å². The van der Waals surface area contributed by atoms with E-state index in [-0.39, 0.29) is 19.0 Å². The van der Waals surface area contributed by atoms with Crippen LogP contribution in [-0.4, -0.2) is 23.2 Å². The van der Waals surface area contributed by atoms with Crippen molar-refractivity contribution >= 4 is 17.3 Å². The Labute approximate surface area is 143 Å². The number of esters is 1. The fourth-order valence-corrected chi connectivity index (χ4v) is 2.73. The molecule has 24 heavy (non-hydrogen) atoms. The first kappa shape index (κ1) is 16.2. The number of nitrogens with zero attached hydrogens (tertiary/aromatic N) is 2. The molecule has 0 saturated heterocycles. The number of ether oxygens (including phenoxy) is 2. The Morgan fingerprint density at radius 1 is 1.29 bits per heavy atom. The lowest BCUT2D eigenvalue weighted by Gasteiger charge is -2.00. The molecule has 0 unspecified atom stereocenters. The highest BCUT2D eigenvalue weighted by Crippen LogP contribution is 2.22. The van der Waals surface area contributed by atoms with Crippen LogP contribution in [0.3, 0.4) is 0 Å². The van der Waals surface area contributed by atoms with E-state index in [0.717, 1.165) is 22.0 Å². The van der Waals surface area contributed by atoms with Crippen molar-refractivity contribution in [3.8, 4) is 17.0 Å². The molecule has 2 aromatic heterocycles. The summed E-state index contributed by atoms with van der Waals surface area (Å²) in [5.74, 6) is 0.917. The van der Waals surface area contributed by atoms with Crippen molar-refractivity contribution < 1.29 is 18.8 Å². The quantitative estimate of drug-likeness (QED) is 0.638. The predicted molar refractivity (Wildman–Crippen MR) is 88.8 cm³/mol. The van der Waals surface area contributed by atoms with E-state index < -0.39 is 0 Å². The summed E-state index contributed by atoms with van der Waals surface area (Å²) >= 11 is 1.51. The van der Waals surface area contributed by atoms with Gasteiger partial charge in [0.25, 0.3) is 0 Å². The van der Waals surface area contributed by atoms with E-state index in [1.54, 1.807) is 13.2 Å². The Morgan fingerprint density at radius 3 is 2.75 bits per heavy atom. The van der Waals surface area contributed by atoms with Crippen molar-refractivity contribution in [2.45, 2.75) is 20.0 Å². The molecule has 0 aliphatic carbocycles. The Morgan fingerprint density at radius 2 is 2.08 bits per heavy atom. The van der Waals surface area contributed by atoms with Crippen molar-refractivity contribution in [2.75, 3.05) is 7.11 Å². The zero-order valence-corrected chi connectivity index (χ0v) is 14.1. The van der Waals surface area contributed by atoms with E-state index in [2.05, 4.69) is 10.1 Å². The van der Waals surface area contributed by atoms with E-state index in [1.807, 2.05) is 36.6 Å². The van der Waals surface area contributed by atoms with Gasteiger partial charge in [-0.05, 0) is 31.2 Å². The summed E-state index contributed by atoms with van der Waals surface area (Å²) < 4.78 is 15.5. The Hall–Kier alpha value is -2.67. The number of rotatable bonds is 6. The molecule has 124 valence electrons. The number of thiazole rings is 1. The molecular formula is C17H16N2O4S. The highest BCUT2D eigenvalue weighted by atomic mass is 32.1. The lowest BCUT2D eigenvalue weighted by molar-refractivity contribution is -0.144. The van der Waals surface area contributed by atoms with Crippen LogP contribution in [0.15, 0.2) is 40.2 Å².